The summed E-state index contributed by atoms with van der Waals surface area (Å²) in [6.07, 6.45) is 2.31. The van der Waals surface area contributed by atoms with Gasteiger partial charge in [0.1, 0.15) is 0 Å². The Bertz CT molecular complexity index is 322. The van der Waals surface area contributed by atoms with E-state index in [9.17, 15) is 0 Å². The van der Waals surface area contributed by atoms with Crippen molar-refractivity contribution in [3.8, 4) is 0 Å². The van der Waals surface area contributed by atoms with Crippen molar-refractivity contribution in [2.45, 2.75) is 39.7 Å². The topological polar surface area (TPSA) is 26.0 Å². The monoisotopic (exact) mass is 225 g/mol. The molecule has 2 heteroatoms. The molecule has 1 aromatic rings. The smallest absolute Gasteiger partial charge is 0.0456 e. The maximum absolute atomic E-state index is 6.19. The van der Waals surface area contributed by atoms with Crippen LogP contribution in [0.4, 0.5) is 0 Å². The summed E-state index contributed by atoms with van der Waals surface area (Å²) in [4.78, 5) is 0. The molecule has 0 spiro atoms. The summed E-state index contributed by atoms with van der Waals surface area (Å²) in [6.45, 7) is 6.40. The predicted octanol–water partition coefficient (Wildman–Crippen LogP) is 4.08. The van der Waals surface area contributed by atoms with Crippen LogP contribution in [-0.4, -0.2) is 0 Å². The molecule has 0 saturated carbocycles. The summed E-state index contributed by atoms with van der Waals surface area (Å²) in [5.74, 6) is 0.482. The van der Waals surface area contributed by atoms with Crippen molar-refractivity contribution in [1.29, 1.82) is 0 Å². The summed E-state index contributed by atoms with van der Waals surface area (Å²) >= 11 is 6.19. The highest BCUT2D eigenvalue weighted by molar-refractivity contribution is 6.31. The van der Waals surface area contributed by atoms with Gasteiger partial charge in [0.25, 0.3) is 0 Å². The van der Waals surface area contributed by atoms with Crippen LogP contribution in [0, 0.1) is 12.8 Å². The van der Waals surface area contributed by atoms with Gasteiger partial charge in [0.15, 0.2) is 0 Å². The third kappa shape index (κ3) is 3.22. The van der Waals surface area contributed by atoms with Crippen LogP contribution in [0.3, 0.4) is 0 Å². The Balaban J connectivity index is 2.86. The van der Waals surface area contributed by atoms with Gasteiger partial charge in [0.2, 0.25) is 0 Å². The van der Waals surface area contributed by atoms with Crippen molar-refractivity contribution in [2.24, 2.45) is 11.7 Å². The van der Waals surface area contributed by atoms with E-state index in [0.29, 0.717) is 5.92 Å². The summed E-state index contributed by atoms with van der Waals surface area (Å²) in [5.41, 5.74) is 8.44. The first-order chi connectivity index (χ1) is 7.06. The molecule has 1 rings (SSSR count). The molecule has 0 bridgehead atoms. The summed E-state index contributed by atoms with van der Waals surface area (Å²) < 4.78 is 0. The van der Waals surface area contributed by atoms with Gasteiger partial charge in [-0.1, -0.05) is 44.0 Å². The summed E-state index contributed by atoms with van der Waals surface area (Å²) in [5, 5.41) is 0.797. The van der Waals surface area contributed by atoms with Gasteiger partial charge in [-0.25, -0.2) is 0 Å². The van der Waals surface area contributed by atoms with E-state index >= 15 is 0 Å². The Kier molecular flexibility index (Phi) is 4.62. The normalized spacial score (nSPS) is 15.0. The minimum atomic E-state index is 0.0537. The largest absolute Gasteiger partial charge is 0.324 e. The fraction of sp³-hybridized carbons (Fsp3) is 0.538. The van der Waals surface area contributed by atoms with E-state index in [2.05, 4.69) is 26.0 Å². The molecule has 0 heterocycles. The number of benzene rings is 1. The fourth-order valence-corrected chi connectivity index (χ4v) is 2.21. The van der Waals surface area contributed by atoms with E-state index in [-0.39, 0.29) is 6.04 Å². The SMILES string of the molecule is CCCC(C)C(N)c1ccc(C)cc1Cl. The molecular formula is C13H20ClN. The van der Waals surface area contributed by atoms with Gasteiger partial charge in [0, 0.05) is 11.1 Å². The molecule has 0 aromatic heterocycles. The number of hydrogen-bond donors (Lipinski definition) is 1. The zero-order valence-corrected chi connectivity index (χ0v) is 10.5. The maximum Gasteiger partial charge on any atom is 0.0456 e. The van der Waals surface area contributed by atoms with Crippen LogP contribution in [0.25, 0.3) is 0 Å². The Morgan fingerprint density at radius 2 is 2.07 bits per heavy atom. The Hall–Kier alpha value is -0.530. The van der Waals surface area contributed by atoms with Gasteiger partial charge in [-0.15, -0.1) is 0 Å². The zero-order chi connectivity index (χ0) is 11.4. The second-order valence-electron chi connectivity index (χ2n) is 4.32. The molecular weight excluding hydrogens is 206 g/mol. The number of nitrogens with two attached hydrogens (primary N) is 1. The quantitative estimate of drug-likeness (QED) is 0.821. The second kappa shape index (κ2) is 5.53. The molecule has 0 fully saturated rings. The molecule has 2 atom stereocenters. The average Bonchev–Trinajstić information content (AvgIpc) is 2.17. The van der Waals surface area contributed by atoms with Crippen LogP contribution < -0.4 is 5.73 Å². The Labute approximate surface area is 97.6 Å². The number of aryl methyl sites for hydroxylation is 1. The van der Waals surface area contributed by atoms with E-state index in [1.807, 2.05) is 13.0 Å². The van der Waals surface area contributed by atoms with Crippen molar-refractivity contribution < 1.29 is 0 Å². The molecule has 0 radical (unpaired) electrons. The highest BCUT2D eigenvalue weighted by atomic mass is 35.5. The fourth-order valence-electron chi connectivity index (χ4n) is 1.84. The van der Waals surface area contributed by atoms with Gasteiger partial charge in [-0.05, 0) is 36.5 Å². The lowest BCUT2D eigenvalue weighted by atomic mass is 9.91. The van der Waals surface area contributed by atoms with Crippen LogP contribution >= 0.6 is 11.6 Å². The molecule has 0 aliphatic heterocycles. The number of hydrogen-bond acceptors (Lipinski definition) is 1. The second-order valence-corrected chi connectivity index (χ2v) is 4.72. The number of halogens is 1. The van der Waals surface area contributed by atoms with E-state index in [1.54, 1.807) is 0 Å². The van der Waals surface area contributed by atoms with Crippen LogP contribution in [0.15, 0.2) is 18.2 Å². The van der Waals surface area contributed by atoms with Gasteiger partial charge in [-0.3, -0.25) is 0 Å². The Morgan fingerprint density at radius 1 is 1.40 bits per heavy atom. The van der Waals surface area contributed by atoms with Crippen LogP contribution in [0.1, 0.15) is 43.9 Å². The first-order valence-corrected chi connectivity index (χ1v) is 5.95. The molecule has 0 aliphatic rings. The minimum absolute atomic E-state index is 0.0537. The van der Waals surface area contributed by atoms with Crippen LogP contribution in [0.2, 0.25) is 5.02 Å². The Morgan fingerprint density at radius 3 is 2.60 bits per heavy atom. The number of rotatable bonds is 4. The first-order valence-electron chi connectivity index (χ1n) is 5.58. The van der Waals surface area contributed by atoms with Gasteiger partial charge in [-0.2, -0.15) is 0 Å². The van der Waals surface area contributed by atoms with Crippen molar-refractivity contribution in [3.63, 3.8) is 0 Å². The molecule has 0 saturated heterocycles. The van der Waals surface area contributed by atoms with E-state index in [0.717, 1.165) is 17.0 Å². The van der Waals surface area contributed by atoms with Gasteiger partial charge < -0.3 is 5.73 Å². The summed E-state index contributed by atoms with van der Waals surface area (Å²) in [6, 6.07) is 6.15. The van der Waals surface area contributed by atoms with Gasteiger partial charge in [0.05, 0.1) is 0 Å². The van der Waals surface area contributed by atoms with Crippen molar-refractivity contribution in [1.82, 2.24) is 0 Å². The molecule has 2 N–H and O–H groups in total. The van der Waals surface area contributed by atoms with Crippen LogP contribution in [-0.2, 0) is 0 Å². The maximum atomic E-state index is 6.19. The lowest BCUT2D eigenvalue weighted by molar-refractivity contribution is 0.434. The zero-order valence-electron chi connectivity index (χ0n) is 9.76. The van der Waals surface area contributed by atoms with Gasteiger partial charge >= 0.3 is 0 Å². The molecule has 1 nitrogen and oxygen atoms in total. The van der Waals surface area contributed by atoms with E-state index in [1.165, 1.54) is 12.0 Å². The van der Waals surface area contributed by atoms with Crippen molar-refractivity contribution >= 4 is 11.6 Å². The third-order valence-corrected chi connectivity index (χ3v) is 3.20. The summed E-state index contributed by atoms with van der Waals surface area (Å²) in [7, 11) is 0. The highest BCUT2D eigenvalue weighted by Gasteiger charge is 2.16. The lowest BCUT2D eigenvalue weighted by Crippen LogP contribution is -2.19. The van der Waals surface area contributed by atoms with E-state index in [4.69, 9.17) is 17.3 Å². The van der Waals surface area contributed by atoms with Crippen molar-refractivity contribution in [2.75, 3.05) is 0 Å². The minimum Gasteiger partial charge on any atom is -0.324 e. The third-order valence-electron chi connectivity index (χ3n) is 2.87. The highest BCUT2D eigenvalue weighted by Crippen LogP contribution is 2.29. The van der Waals surface area contributed by atoms with Crippen molar-refractivity contribution in [3.05, 3.63) is 34.3 Å². The lowest BCUT2D eigenvalue weighted by Gasteiger charge is -2.21. The standard InChI is InChI=1S/C13H20ClN/c1-4-5-10(3)13(15)11-7-6-9(2)8-12(11)14/h6-8,10,13H,4-5,15H2,1-3H3. The predicted molar refractivity (Wildman–Crippen MR) is 67.2 cm³/mol. The molecule has 84 valence electrons. The molecule has 2 unspecified atom stereocenters. The first kappa shape index (κ1) is 12.5. The average molecular weight is 226 g/mol. The molecule has 1 aromatic carbocycles. The molecule has 15 heavy (non-hydrogen) atoms. The molecule has 0 amide bonds. The van der Waals surface area contributed by atoms with E-state index < -0.39 is 0 Å². The van der Waals surface area contributed by atoms with Crippen LogP contribution in [0.5, 0.6) is 0 Å². The molecule has 0 aliphatic carbocycles.